The molecule has 1 aliphatic carbocycles. The van der Waals surface area contributed by atoms with Gasteiger partial charge in [0.25, 0.3) is 0 Å². The number of fused-ring (bicyclic) bond motifs is 1. The number of allylic oxidation sites excluding steroid dienone is 1. The van der Waals surface area contributed by atoms with E-state index in [1.54, 1.807) is 6.07 Å². The Hall–Kier alpha value is -2.99. The number of nitrogens with one attached hydrogen (secondary N) is 1. The fourth-order valence-corrected chi connectivity index (χ4v) is 4.49. The van der Waals surface area contributed by atoms with Crippen LogP contribution in [0.4, 0.5) is 0 Å². The Morgan fingerprint density at radius 2 is 1.84 bits per heavy atom. The number of methoxy groups -OCH3 is 2. The molecular formula is C24H24ClNO5. The van der Waals surface area contributed by atoms with E-state index in [4.69, 9.17) is 25.8 Å². The van der Waals surface area contributed by atoms with E-state index in [0.29, 0.717) is 23.7 Å². The van der Waals surface area contributed by atoms with Crippen molar-refractivity contribution in [3.8, 4) is 17.2 Å². The average molecular weight is 442 g/mol. The van der Waals surface area contributed by atoms with Crippen LogP contribution in [0.2, 0.25) is 5.02 Å². The van der Waals surface area contributed by atoms with Crippen molar-refractivity contribution in [2.75, 3.05) is 14.2 Å². The number of hydrogen-bond acceptors (Lipinski definition) is 6. The van der Waals surface area contributed by atoms with E-state index in [2.05, 4.69) is 5.32 Å². The lowest BCUT2D eigenvalue weighted by molar-refractivity contribution is -0.117. The minimum Gasteiger partial charge on any atom is -0.496 e. The molecule has 0 fully saturated rings. The van der Waals surface area contributed by atoms with E-state index < -0.39 is 11.5 Å². The predicted molar refractivity (Wildman–Crippen MR) is 117 cm³/mol. The van der Waals surface area contributed by atoms with Gasteiger partial charge in [-0.1, -0.05) is 48.4 Å². The predicted octanol–water partition coefficient (Wildman–Crippen LogP) is 4.26. The van der Waals surface area contributed by atoms with Gasteiger partial charge in [-0.15, -0.1) is 0 Å². The molecule has 0 amide bonds. The molecule has 0 aromatic heterocycles. The maximum absolute atomic E-state index is 13.8. The summed E-state index contributed by atoms with van der Waals surface area (Å²) in [6.45, 7) is 4.29. The van der Waals surface area contributed by atoms with Gasteiger partial charge in [-0.05, 0) is 12.5 Å². The van der Waals surface area contributed by atoms with Gasteiger partial charge in [-0.2, -0.15) is 0 Å². The van der Waals surface area contributed by atoms with Crippen molar-refractivity contribution in [3.63, 3.8) is 0 Å². The van der Waals surface area contributed by atoms with Crippen LogP contribution in [0, 0.1) is 12.8 Å². The summed E-state index contributed by atoms with van der Waals surface area (Å²) in [5.74, 6) is 0.128. The van der Waals surface area contributed by atoms with Crippen molar-refractivity contribution >= 4 is 23.2 Å². The van der Waals surface area contributed by atoms with Crippen molar-refractivity contribution in [2.24, 2.45) is 5.92 Å². The summed E-state index contributed by atoms with van der Waals surface area (Å²) in [6, 6.07) is 9.60. The Balaban J connectivity index is 1.77. The van der Waals surface area contributed by atoms with Gasteiger partial charge in [0.1, 0.15) is 22.1 Å². The second kappa shape index (κ2) is 7.93. The van der Waals surface area contributed by atoms with Crippen LogP contribution in [0.25, 0.3) is 0 Å². The van der Waals surface area contributed by atoms with Gasteiger partial charge in [0, 0.05) is 31.0 Å². The number of rotatable bonds is 5. The SMILES string of the molecule is COc1cc(OC)c2c(c1Cl)O[C@]1(C2=O)C(NCc2ccc(C)cc2)=CC(=O)C[C@H]1C. The third kappa shape index (κ3) is 3.35. The van der Waals surface area contributed by atoms with Gasteiger partial charge in [-0.3, -0.25) is 9.59 Å². The molecule has 6 nitrogen and oxygen atoms in total. The molecule has 162 valence electrons. The highest BCUT2D eigenvalue weighted by molar-refractivity contribution is 6.35. The summed E-state index contributed by atoms with van der Waals surface area (Å²) in [5.41, 5.74) is 1.48. The number of ketones is 2. The summed E-state index contributed by atoms with van der Waals surface area (Å²) in [7, 11) is 2.96. The lowest BCUT2D eigenvalue weighted by Crippen LogP contribution is -2.54. The van der Waals surface area contributed by atoms with Gasteiger partial charge < -0.3 is 19.5 Å². The number of Topliss-reactive ketones (excluding diaryl/α,β-unsaturated/α-hetero) is 1. The molecule has 4 rings (SSSR count). The van der Waals surface area contributed by atoms with Crippen LogP contribution in [0.15, 0.2) is 42.1 Å². The molecular weight excluding hydrogens is 418 g/mol. The van der Waals surface area contributed by atoms with Crippen LogP contribution in [0.5, 0.6) is 17.2 Å². The molecule has 2 aromatic carbocycles. The number of ether oxygens (including phenoxy) is 3. The Kier molecular flexibility index (Phi) is 5.43. The standard InChI is InChI=1S/C24H24ClNO5/c1-13-5-7-15(8-6-13)12-26-19-10-16(27)9-14(2)24(19)23(28)20-17(29-3)11-18(30-4)21(25)22(20)31-24/h5-8,10-11,14,26H,9,12H2,1-4H3/t14-,24+/m1/s1. The average Bonchev–Trinajstić information content (AvgIpc) is 3.06. The third-order valence-corrected chi connectivity index (χ3v) is 6.29. The number of carbonyl (C=O) groups excluding carboxylic acids is 2. The Labute approximate surface area is 186 Å². The van der Waals surface area contributed by atoms with Gasteiger partial charge in [-0.25, -0.2) is 0 Å². The fourth-order valence-electron chi connectivity index (χ4n) is 4.23. The van der Waals surface area contributed by atoms with Crippen molar-refractivity contribution in [3.05, 3.63) is 63.8 Å². The first-order valence-corrected chi connectivity index (χ1v) is 10.4. The normalized spacial score (nSPS) is 22.1. The molecule has 2 aliphatic rings. The van der Waals surface area contributed by atoms with Gasteiger partial charge in [0.15, 0.2) is 11.5 Å². The first-order chi connectivity index (χ1) is 14.8. The molecule has 0 unspecified atom stereocenters. The van der Waals surface area contributed by atoms with Crippen molar-refractivity contribution in [1.82, 2.24) is 5.32 Å². The lowest BCUT2D eigenvalue weighted by atomic mass is 9.74. The van der Waals surface area contributed by atoms with Gasteiger partial charge >= 0.3 is 0 Å². The topological polar surface area (TPSA) is 73.9 Å². The molecule has 1 aliphatic heterocycles. The molecule has 0 saturated carbocycles. The highest BCUT2D eigenvalue weighted by atomic mass is 35.5. The quantitative estimate of drug-likeness (QED) is 0.747. The minimum absolute atomic E-state index is 0.0625. The number of hydrogen-bond donors (Lipinski definition) is 1. The van der Waals surface area contributed by atoms with Crippen molar-refractivity contribution in [1.29, 1.82) is 0 Å². The summed E-state index contributed by atoms with van der Waals surface area (Å²) in [4.78, 5) is 26.2. The zero-order chi connectivity index (χ0) is 22.3. The summed E-state index contributed by atoms with van der Waals surface area (Å²) in [6.07, 6.45) is 1.65. The number of halogens is 1. The second-order valence-electron chi connectivity index (χ2n) is 7.93. The zero-order valence-electron chi connectivity index (χ0n) is 17.9. The minimum atomic E-state index is -1.38. The summed E-state index contributed by atoms with van der Waals surface area (Å²) in [5, 5.41) is 3.48. The molecule has 1 N–H and O–H groups in total. The van der Waals surface area contributed by atoms with E-state index in [-0.39, 0.29) is 34.3 Å². The molecule has 1 spiro atoms. The largest absolute Gasteiger partial charge is 0.496 e. The Morgan fingerprint density at radius 3 is 2.48 bits per heavy atom. The smallest absolute Gasteiger partial charge is 0.220 e. The van der Waals surface area contributed by atoms with E-state index >= 15 is 0 Å². The number of carbonyl (C=O) groups is 2. The first-order valence-electron chi connectivity index (χ1n) is 10.0. The summed E-state index contributed by atoms with van der Waals surface area (Å²) >= 11 is 6.50. The molecule has 7 heteroatoms. The molecule has 2 aromatic rings. The van der Waals surface area contributed by atoms with Crippen LogP contribution in [-0.4, -0.2) is 31.4 Å². The van der Waals surface area contributed by atoms with Crippen LogP contribution < -0.4 is 19.5 Å². The third-order valence-electron chi connectivity index (χ3n) is 5.93. The van der Waals surface area contributed by atoms with Crippen LogP contribution in [0.1, 0.15) is 34.8 Å². The lowest BCUT2D eigenvalue weighted by Gasteiger charge is -2.38. The maximum Gasteiger partial charge on any atom is 0.220 e. The molecule has 1 heterocycles. The summed E-state index contributed by atoms with van der Waals surface area (Å²) < 4.78 is 17.1. The zero-order valence-corrected chi connectivity index (χ0v) is 18.6. The monoisotopic (exact) mass is 441 g/mol. The molecule has 31 heavy (non-hydrogen) atoms. The van der Waals surface area contributed by atoms with Gasteiger partial charge in [0.05, 0.1) is 19.9 Å². The Bertz CT molecular complexity index is 1090. The molecule has 0 saturated heterocycles. The van der Waals surface area contributed by atoms with Crippen molar-refractivity contribution in [2.45, 2.75) is 32.4 Å². The van der Waals surface area contributed by atoms with Gasteiger partial charge in [0.2, 0.25) is 11.4 Å². The molecule has 0 bridgehead atoms. The Morgan fingerprint density at radius 1 is 1.16 bits per heavy atom. The first kappa shape index (κ1) is 21.2. The molecule has 2 atom stereocenters. The number of benzene rings is 2. The second-order valence-corrected chi connectivity index (χ2v) is 8.31. The van der Waals surface area contributed by atoms with E-state index in [1.807, 2.05) is 38.1 Å². The van der Waals surface area contributed by atoms with E-state index in [0.717, 1.165) is 11.1 Å². The highest BCUT2D eigenvalue weighted by Gasteiger charge is 2.58. The van der Waals surface area contributed by atoms with E-state index in [9.17, 15) is 9.59 Å². The van der Waals surface area contributed by atoms with Crippen LogP contribution in [0.3, 0.4) is 0 Å². The number of aryl methyl sites for hydroxylation is 1. The fraction of sp³-hybridized carbons (Fsp3) is 0.333. The van der Waals surface area contributed by atoms with Crippen molar-refractivity contribution < 1.29 is 23.8 Å². The highest BCUT2D eigenvalue weighted by Crippen LogP contribution is 2.54. The van der Waals surface area contributed by atoms with Crippen LogP contribution in [-0.2, 0) is 11.3 Å². The van der Waals surface area contributed by atoms with E-state index in [1.165, 1.54) is 20.3 Å². The maximum atomic E-state index is 13.8. The molecule has 0 radical (unpaired) electrons. The van der Waals surface area contributed by atoms with Crippen LogP contribution >= 0.6 is 11.6 Å².